The summed E-state index contributed by atoms with van der Waals surface area (Å²) in [5, 5.41) is 13.9. The number of nitro groups is 1. The first-order chi connectivity index (χ1) is 14.0. The van der Waals surface area contributed by atoms with Crippen LogP contribution in [0, 0.1) is 10.1 Å². The Morgan fingerprint density at radius 3 is 2.83 bits per heavy atom. The van der Waals surface area contributed by atoms with Gasteiger partial charge in [0.05, 0.1) is 11.5 Å². The zero-order chi connectivity index (χ0) is 20.4. The molecule has 1 aromatic carbocycles. The molecule has 29 heavy (non-hydrogen) atoms. The molecule has 4 rings (SSSR count). The van der Waals surface area contributed by atoms with Crippen molar-refractivity contribution in [3.63, 3.8) is 0 Å². The van der Waals surface area contributed by atoms with Gasteiger partial charge in [0.25, 0.3) is 11.6 Å². The summed E-state index contributed by atoms with van der Waals surface area (Å²) in [7, 11) is 0. The van der Waals surface area contributed by atoms with Crippen molar-refractivity contribution in [1.29, 1.82) is 0 Å². The van der Waals surface area contributed by atoms with Crippen molar-refractivity contribution >= 4 is 29.2 Å². The summed E-state index contributed by atoms with van der Waals surface area (Å²) >= 11 is 0. The SMILES string of the molecule is O=C(c1cccc(N2CCOC2=O)c1)N1CCC(Nc2ccc([N+](=O)[O-])cn2)C1. The number of aromatic nitrogens is 1. The molecule has 150 valence electrons. The second-order valence-corrected chi connectivity index (χ2v) is 6.86. The molecule has 1 N–H and O–H groups in total. The van der Waals surface area contributed by atoms with Crippen LogP contribution >= 0.6 is 0 Å². The number of hydrogen-bond donors (Lipinski definition) is 1. The Morgan fingerprint density at radius 2 is 2.14 bits per heavy atom. The molecular formula is C19H19N5O5. The third kappa shape index (κ3) is 3.96. The highest BCUT2D eigenvalue weighted by atomic mass is 16.6. The molecule has 2 aliphatic rings. The summed E-state index contributed by atoms with van der Waals surface area (Å²) in [4.78, 5) is 42.1. The molecule has 3 heterocycles. The van der Waals surface area contributed by atoms with Crippen LogP contribution in [0.3, 0.4) is 0 Å². The largest absolute Gasteiger partial charge is 0.447 e. The van der Waals surface area contributed by atoms with Crippen LogP contribution in [0.4, 0.5) is 22.0 Å². The van der Waals surface area contributed by atoms with E-state index in [9.17, 15) is 19.7 Å². The first-order valence-corrected chi connectivity index (χ1v) is 9.22. The predicted octanol–water partition coefficient (Wildman–Crippen LogP) is 2.27. The van der Waals surface area contributed by atoms with Gasteiger partial charge in [-0.1, -0.05) is 6.07 Å². The van der Waals surface area contributed by atoms with Crippen LogP contribution in [0.1, 0.15) is 16.8 Å². The van der Waals surface area contributed by atoms with Crippen molar-refractivity contribution in [2.45, 2.75) is 12.5 Å². The third-order valence-electron chi connectivity index (χ3n) is 4.95. The Bertz CT molecular complexity index is 948. The monoisotopic (exact) mass is 397 g/mol. The summed E-state index contributed by atoms with van der Waals surface area (Å²) in [6, 6.07) is 9.91. The van der Waals surface area contributed by atoms with E-state index in [0.29, 0.717) is 43.3 Å². The Balaban J connectivity index is 1.39. The number of hydrogen-bond acceptors (Lipinski definition) is 7. The molecular weight excluding hydrogens is 378 g/mol. The Labute approximate surface area is 166 Å². The maximum absolute atomic E-state index is 12.9. The first kappa shape index (κ1) is 18.7. The van der Waals surface area contributed by atoms with Gasteiger partial charge in [-0.15, -0.1) is 0 Å². The van der Waals surface area contributed by atoms with Gasteiger partial charge in [-0.05, 0) is 30.7 Å². The molecule has 0 radical (unpaired) electrons. The van der Waals surface area contributed by atoms with Crippen LogP contribution in [0.25, 0.3) is 0 Å². The fraction of sp³-hybridized carbons (Fsp3) is 0.316. The number of anilines is 2. The van der Waals surface area contributed by atoms with Gasteiger partial charge in [0.1, 0.15) is 18.6 Å². The first-order valence-electron chi connectivity index (χ1n) is 9.22. The molecule has 10 nitrogen and oxygen atoms in total. The van der Waals surface area contributed by atoms with Gasteiger partial charge in [-0.2, -0.15) is 0 Å². The van der Waals surface area contributed by atoms with E-state index >= 15 is 0 Å². The number of nitrogens with one attached hydrogen (secondary N) is 1. The summed E-state index contributed by atoms with van der Waals surface area (Å²) in [5.74, 6) is 0.421. The summed E-state index contributed by atoms with van der Waals surface area (Å²) in [6.07, 6.45) is 1.54. The highest BCUT2D eigenvalue weighted by molar-refractivity contribution is 5.97. The van der Waals surface area contributed by atoms with Crippen LogP contribution < -0.4 is 10.2 Å². The molecule has 1 aromatic heterocycles. The van der Waals surface area contributed by atoms with Crippen LogP contribution in [0.15, 0.2) is 42.6 Å². The fourth-order valence-electron chi connectivity index (χ4n) is 3.47. The van der Waals surface area contributed by atoms with Gasteiger partial charge in [-0.25, -0.2) is 9.78 Å². The fourth-order valence-corrected chi connectivity index (χ4v) is 3.47. The molecule has 0 spiro atoms. The van der Waals surface area contributed by atoms with E-state index in [4.69, 9.17) is 4.74 Å². The lowest BCUT2D eigenvalue weighted by Gasteiger charge is -2.19. The lowest BCUT2D eigenvalue weighted by molar-refractivity contribution is -0.385. The van der Waals surface area contributed by atoms with E-state index in [-0.39, 0.29) is 17.6 Å². The van der Waals surface area contributed by atoms with Crippen molar-refractivity contribution in [1.82, 2.24) is 9.88 Å². The molecule has 2 aliphatic heterocycles. The lowest BCUT2D eigenvalue weighted by Crippen LogP contribution is -2.32. The van der Waals surface area contributed by atoms with Gasteiger partial charge in [0.15, 0.2) is 0 Å². The maximum atomic E-state index is 12.9. The summed E-state index contributed by atoms with van der Waals surface area (Å²) < 4.78 is 4.95. The van der Waals surface area contributed by atoms with Crippen molar-refractivity contribution in [2.24, 2.45) is 0 Å². The average molecular weight is 397 g/mol. The number of carbonyl (C=O) groups excluding carboxylic acids is 2. The number of cyclic esters (lactones) is 1. The van der Waals surface area contributed by atoms with E-state index in [1.165, 1.54) is 17.2 Å². The molecule has 0 saturated carbocycles. The van der Waals surface area contributed by atoms with E-state index in [1.807, 2.05) is 0 Å². The van der Waals surface area contributed by atoms with Crippen molar-refractivity contribution in [3.8, 4) is 0 Å². The van der Waals surface area contributed by atoms with E-state index < -0.39 is 11.0 Å². The Hall–Kier alpha value is -3.69. The average Bonchev–Trinajstić information content (AvgIpc) is 3.37. The molecule has 10 heteroatoms. The quantitative estimate of drug-likeness (QED) is 0.607. The standard InChI is InChI=1S/C19H19N5O5/c25-18(13-2-1-3-15(10-13)23-8-9-29-19(23)26)22-7-6-14(12-22)21-17-5-4-16(11-20-17)24(27)28/h1-5,10-11,14H,6-9,12H2,(H,20,21). The van der Waals surface area contributed by atoms with Gasteiger partial charge in [0, 0.05) is 36.4 Å². The van der Waals surface area contributed by atoms with Gasteiger partial charge in [0.2, 0.25) is 0 Å². The normalized spacial score (nSPS) is 18.6. The van der Waals surface area contributed by atoms with Crippen molar-refractivity contribution in [3.05, 3.63) is 58.3 Å². The van der Waals surface area contributed by atoms with Crippen LogP contribution in [-0.2, 0) is 4.74 Å². The number of ether oxygens (including phenoxy) is 1. The highest BCUT2D eigenvalue weighted by Gasteiger charge is 2.29. The lowest BCUT2D eigenvalue weighted by atomic mass is 10.1. The minimum atomic E-state index is -0.497. The number of nitrogens with zero attached hydrogens (tertiary/aromatic N) is 4. The zero-order valence-electron chi connectivity index (χ0n) is 15.5. The number of benzene rings is 1. The number of carbonyl (C=O) groups is 2. The smallest absolute Gasteiger partial charge is 0.414 e. The Kier molecular flexibility index (Phi) is 4.98. The second kappa shape index (κ2) is 7.74. The number of amides is 2. The van der Waals surface area contributed by atoms with E-state index in [0.717, 1.165) is 6.42 Å². The molecule has 2 fully saturated rings. The minimum absolute atomic E-state index is 0.00430. The number of pyridine rings is 1. The second-order valence-electron chi connectivity index (χ2n) is 6.86. The maximum Gasteiger partial charge on any atom is 0.414 e. The van der Waals surface area contributed by atoms with Crippen LogP contribution in [0.2, 0.25) is 0 Å². The molecule has 0 bridgehead atoms. The topological polar surface area (TPSA) is 118 Å². The predicted molar refractivity (Wildman–Crippen MR) is 104 cm³/mol. The Morgan fingerprint density at radius 1 is 1.28 bits per heavy atom. The molecule has 2 saturated heterocycles. The molecule has 1 atom stereocenters. The van der Waals surface area contributed by atoms with Crippen LogP contribution in [-0.4, -0.2) is 59.1 Å². The number of likely N-dealkylation sites (tertiary alicyclic amines) is 1. The van der Waals surface area contributed by atoms with Gasteiger partial charge in [-0.3, -0.25) is 19.8 Å². The highest BCUT2D eigenvalue weighted by Crippen LogP contribution is 2.23. The van der Waals surface area contributed by atoms with Crippen molar-refractivity contribution in [2.75, 3.05) is 36.5 Å². The minimum Gasteiger partial charge on any atom is -0.447 e. The number of rotatable bonds is 5. The summed E-state index contributed by atoms with van der Waals surface area (Å²) in [6.45, 7) is 1.88. The van der Waals surface area contributed by atoms with Gasteiger partial charge < -0.3 is 15.0 Å². The van der Waals surface area contributed by atoms with E-state index in [2.05, 4.69) is 10.3 Å². The van der Waals surface area contributed by atoms with Gasteiger partial charge >= 0.3 is 6.09 Å². The van der Waals surface area contributed by atoms with E-state index in [1.54, 1.807) is 35.2 Å². The third-order valence-corrected chi connectivity index (χ3v) is 4.95. The molecule has 2 aromatic rings. The molecule has 0 aliphatic carbocycles. The molecule has 1 unspecified atom stereocenters. The zero-order valence-corrected chi connectivity index (χ0v) is 15.5. The van der Waals surface area contributed by atoms with Crippen LogP contribution in [0.5, 0.6) is 0 Å². The molecule has 2 amide bonds. The van der Waals surface area contributed by atoms with Crippen molar-refractivity contribution < 1.29 is 19.2 Å². The summed E-state index contributed by atoms with van der Waals surface area (Å²) in [5.41, 5.74) is 1.08.